The Morgan fingerprint density at radius 2 is 2.00 bits per heavy atom. The summed E-state index contributed by atoms with van der Waals surface area (Å²) in [6, 6.07) is 0. The number of carbonyl (C=O) groups excluding carboxylic acids is 1. The van der Waals surface area contributed by atoms with Crippen LogP contribution in [0.5, 0.6) is 0 Å². The van der Waals surface area contributed by atoms with Crippen LogP contribution in [0, 0.1) is 5.92 Å². The Bertz CT molecular complexity index is 219. The van der Waals surface area contributed by atoms with Gasteiger partial charge in [0.05, 0.1) is 6.61 Å². The van der Waals surface area contributed by atoms with Gasteiger partial charge >= 0.3 is 5.97 Å². The van der Waals surface area contributed by atoms with Crippen LogP contribution in [0.1, 0.15) is 59.8 Å². The molecule has 0 spiro atoms. The number of hydrogen-bond acceptors (Lipinski definition) is 2. The van der Waals surface area contributed by atoms with E-state index in [1.807, 2.05) is 13.8 Å². The van der Waals surface area contributed by atoms with Crippen molar-refractivity contribution in [3.05, 3.63) is 11.6 Å². The molecule has 0 aliphatic rings. The van der Waals surface area contributed by atoms with Crippen LogP contribution in [0.3, 0.4) is 0 Å². The van der Waals surface area contributed by atoms with Crippen molar-refractivity contribution in [1.82, 2.24) is 0 Å². The third-order valence-corrected chi connectivity index (χ3v) is 2.70. The van der Waals surface area contributed by atoms with E-state index < -0.39 is 0 Å². The minimum absolute atomic E-state index is 0.207. The predicted molar refractivity (Wildman–Crippen MR) is 68.3 cm³/mol. The summed E-state index contributed by atoms with van der Waals surface area (Å²) in [5.74, 6) is 0.599. The number of ether oxygens (including phenoxy) is 1. The first-order valence-electron chi connectivity index (χ1n) is 6.44. The average molecular weight is 226 g/mol. The van der Waals surface area contributed by atoms with E-state index in [0.717, 1.165) is 17.9 Å². The van der Waals surface area contributed by atoms with Crippen molar-refractivity contribution in [2.45, 2.75) is 59.8 Å². The van der Waals surface area contributed by atoms with Gasteiger partial charge in [-0.1, -0.05) is 38.7 Å². The molecule has 2 nitrogen and oxygen atoms in total. The van der Waals surface area contributed by atoms with Crippen molar-refractivity contribution in [3.8, 4) is 0 Å². The maximum absolute atomic E-state index is 11.2. The van der Waals surface area contributed by atoms with E-state index in [-0.39, 0.29) is 5.97 Å². The van der Waals surface area contributed by atoms with Gasteiger partial charge in [0.1, 0.15) is 0 Å². The van der Waals surface area contributed by atoms with Crippen LogP contribution in [0.15, 0.2) is 11.6 Å². The van der Waals surface area contributed by atoms with Gasteiger partial charge in [0, 0.05) is 6.08 Å². The Morgan fingerprint density at radius 3 is 2.56 bits per heavy atom. The Balaban J connectivity index is 3.71. The van der Waals surface area contributed by atoms with Gasteiger partial charge < -0.3 is 4.74 Å². The van der Waals surface area contributed by atoms with Crippen molar-refractivity contribution in [2.24, 2.45) is 5.92 Å². The van der Waals surface area contributed by atoms with Crippen LogP contribution in [0.4, 0.5) is 0 Å². The summed E-state index contributed by atoms with van der Waals surface area (Å²) >= 11 is 0. The van der Waals surface area contributed by atoms with Crippen molar-refractivity contribution in [2.75, 3.05) is 6.61 Å². The molecule has 0 saturated heterocycles. The lowest BCUT2D eigenvalue weighted by Crippen LogP contribution is -2.00. The van der Waals surface area contributed by atoms with E-state index in [0.29, 0.717) is 6.61 Å². The van der Waals surface area contributed by atoms with E-state index >= 15 is 0 Å². The molecule has 94 valence electrons. The minimum Gasteiger partial charge on any atom is -0.463 e. The fraction of sp³-hybridized carbons (Fsp3) is 0.786. The lowest BCUT2D eigenvalue weighted by atomic mass is 9.98. The average Bonchev–Trinajstić information content (AvgIpc) is 2.18. The first kappa shape index (κ1) is 15.2. The number of allylic oxidation sites excluding steroid dienone is 1. The topological polar surface area (TPSA) is 26.3 Å². The van der Waals surface area contributed by atoms with Crippen LogP contribution in [-0.2, 0) is 9.53 Å². The molecular weight excluding hydrogens is 200 g/mol. The molecule has 0 aromatic carbocycles. The maximum atomic E-state index is 11.2. The molecule has 0 N–H and O–H groups in total. The van der Waals surface area contributed by atoms with Crippen LogP contribution >= 0.6 is 0 Å². The van der Waals surface area contributed by atoms with E-state index in [9.17, 15) is 4.79 Å². The summed E-state index contributed by atoms with van der Waals surface area (Å²) in [6.07, 6.45) is 7.62. The molecule has 1 atom stereocenters. The lowest BCUT2D eigenvalue weighted by molar-refractivity contribution is -0.137. The van der Waals surface area contributed by atoms with E-state index in [4.69, 9.17) is 4.74 Å². The fourth-order valence-electron chi connectivity index (χ4n) is 1.82. The normalized spacial score (nSPS) is 13.6. The van der Waals surface area contributed by atoms with E-state index in [2.05, 4.69) is 13.8 Å². The monoisotopic (exact) mass is 226 g/mol. The molecule has 0 amide bonds. The largest absolute Gasteiger partial charge is 0.463 e. The van der Waals surface area contributed by atoms with Crippen LogP contribution in [-0.4, -0.2) is 12.6 Å². The second-order valence-corrected chi connectivity index (χ2v) is 4.53. The lowest BCUT2D eigenvalue weighted by Gasteiger charge is -2.09. The first-order chi connectivity index (χ1) is 7.60. The molecule has 16 heavy (non-hydrogen) atoms. The van der Waals surface area contributed by atoms with Crippen LogP contribution in [0.25, 0.3) is 0 Å². The standard InChI is InChI=1S/C14H26O2/c1-5-8-12(3)9-7-10-13(4)11-14(15)16-6-2/h11-12H,5-10H2,1-4H3. The van der Waals surface area contributed by atoms with Crippen molar-refractivity contribution in [3.63, 3.8) is 0 Å². The van der Waals surface area contributed by atoms with Gasteiger partial charge in [-0.05, 0) is 32.6 Å². The van der Waals surface area contributed by atoms with Crippen LogP contribution < -0.4 is 0 Å². The second-order valence-electron chi connectivity index (χ2n) is 4.53. The summed E-state index contributed by atoms with van der Waals surface area (Å²) in [5, 5.41) is 0. The van der Waals surface area contributed by atoms with Gasteiger partial charge in [-0.15, -0.1) is 0 Å². The summed E-state index contributed by atoms with van der Waals surface area (Å²) in [7, 11) is 0. The molecule has 0 heterocycles. The highest BCUT2D eigenvalue weighted by Gasteiger charge is 2.02. The zero-order valence-electron chi connectivity index (χ0n) is 11.2. The molecule has 0 bridgehead atoms. The highest BCUT2D eigenvalue weighted by atomic mass is 16.5. The number of esters is 1. The van der Waals surface area contributed by atoms with Gasteiger partial charge in [-0.3, -0.25) is 0 Å². The third kappa shape index (κ3) is 8.51. The predicted octanol–water partition coefficient (Wildman–Crippen LogP) is 4.10. The van der Waals surface area contributed by atoms with Gasteiger partial charge in [-0.25, -0.2) is 4.79 Å². The SMILES string of the molecule is CCCC(C)CCCC(C)=CC(=O)OCC. The zero-order valence-corrected chi connectivity index (χ0v) is 11.2. The van der Waals surface area contributed by atoms with E-state index in [1.54, 1.807) is 6.08 Å². The Hall–Kier alpha value is -0.790. The number of rotatable bonds is 8. The highest BCUT2D eigenvalue weighted by molar-refractivity contribution is 5.82. The Morgan fingerprint density at radius 1 is 1.31 bits per heavy atom. The minimum atomic E-state index is -0.207. The summed E-state index contributed by atoms with van der Waals surface area (Å²) in [4.78, 5) is 11.2. The smallest absolute Gasteiger partial charge is 0.330 e. The van der Waals surface area contributed by atoms with Gasteiger partial charge in [0.25, 0.3) is 0 Å². The summed E-state index contributed by atoms with van der Waals surface area (Å²) < 4.78 is 4.86. The molecule has 0 radical (unpaired) electrons. The highest BCUT2D eigenvalue weighted by Crippen LogP contribution is 2.16. The number of carbonyl (C=O) groups is 1. The van der Waals surface area contributed by atoms with Crippen molar-refractivity contribution in [1.29, 1.82) is 0 Å². The van der Waals surface area contributed by atoms with Crippen LogP contribution in [0.2, 0.25) is 0 Å². The molecule has 0 aromatic rings. The summed E-state index contributed by atoms with van der Waals surface area (Å²) in [6.45, 7) is 8.81. The molecule has 0 rings (SSSR count). The second kappa shape index (κ2) is 9.44. The van der Waals surface area contributed by atoms with Crippen molar-refractivity contribution < 1.29 is 9.53 Å². The first-order valence-corrected chi connectivity index (χ1v) is 6.44. The maximum Gasteiger partial charge on any atom is 0.330 e. The quantitative estimate of drug-likeness (QED) is 0.460. The molecule has 0 aromatic heterocycles. The van der Waals surface area contributed by atoms with Gasteiger partial charge in [-0.2, -0.15) is 0 Å². The summed E-state index contributed by atoms with van der Waals surface area (Å²) in [5.41, 5.74) is 1.13. The van der Waals surface area contributed by atoms with E-state index in [1.165, 1.54) is 25.7 Å². The molecule has 1 unspecified atom stereocenters. The molecule has 0 aliphatic heterocycles. The Kier molecular flexibility index (Phi) is 8.97. The van der Waals surface area contributed by atoms with Crippen molar-refractivity contribution >= 4 is 5.97 Å². The zero-order chi connectivity index (χ0) is 12.4. The molecular formula is C14H26O2. The third-order valence-electron chi connectivity index (χ3n) is 2.70. The number of hydrogen-bond donors (Lipinski definition) is 0. The van der Waals surface area contributed by atoms with Gasteiger partial charge in [0.15, 0.2) is 0 Å². The molecule has 2 heteroatoms. The fourth-order valence-corrected chi connectivity index (χ4v) is 1.82. The van der Waals surface area contributed by atoms with Gasteiger partial charge in [0.2, 0.25) is 0 Å². The molecule has 0 saturated carbocycles. The molecule has 0 aliphatic carbocycles. The molecule has 0 fully saturated rings. The Labute approximate surface area is 100 Å².